The minimum atomic E-state index is -1.55. The Hall–Kier alpha value is -2.82. The molecule has 0 spiro atoms. The molecule has 0 aliphatic rings. The molecule has 0 amide bonds. The van der Waals surface area contributed by atoms with Gasteiger partial charge in [-0.15, -0.1) is 0 Å². The summed E-state index contributed by atoms with van der Waals surface area (Å²) < 4.78 is 0. The van der Waals surface area contributed by atoms with Crippen LogP contribution in [-0.2, 0) is 9.59 Å². The zero-order chi connectivity index (χ0) is 14.7. The van der Waals surface area contributed by atoms with Gasteiger partial charge >= 0.3 is 11.9 Å². The second kappa shape index (κ2) is 5.44. The van der Waals surface area contributed by atoms with Gasteiger partial charge in [0, 0.05) is 5.69 Å². The lowest BCUT2D eigenvalue weighted by atomic mass is 9.96. The number of hydrogen-bond donors (Lipinski definition) is 3. The lowest BCUT2D eigenvalue weighted by Gasteiger charge is -2.09. The van der Waals surface area contributed by atoms with Gasteiger partial charge in [-0.3, -0.25) is 9.59 Å². The fourth-order valence-electron chi connectivity index (χ4n) is 1.93. The number of hydrogen-bond acceptors (Lipinski definition) is 3. The minimum Gasteiger partial charge on any atom is -0.480 e. The van der Waals surface area contributed by atoms with Gasteiger partial charge in [0.25, 0.3) is 0 Å². The molecule has 0 unspecified atom stereocenters. The van der Waals surface area contributed by atoms with Crippen molar-refractivity contribution < 1.29 is 19.8 Å². The maximum Gasteiger partial charge on any atom is 0.322 e. The van der Waals surface area contributed by atoms with Crippen LogP contribution in [0.15, 0.2) is 48.5 Å². The zero-order valence-electron chi connectivity index (χ0n) is 10.5. The molecular formula is C15H13NO4. The summed E-state index contributed by atoms with van der Waals surface area (Å²) in [5.74, 6) is -4.30. The van der Waals surface area contributed by atoms with Crippen LogP contribution in [0.1, 0.15) is 11.5 Å². The van der Waals surface area contributed by atoms with Gasteiger partial charge < -0.3 is 15.9 Å². The first kappa shape index (κ1) is 13.6. The van der Waals surface area contributed by atoms with Gasteiger partial charge in [-0.05, 0) is 28.8 Å². The number of benzene rings is 2. The molecule has 2 rings (SSSR count). The Morgan fingerprint density at radius 1 is 0.800 bits per heavy atom. The minimum absolute atomic E-state index is 0.240. The zero-order valence-corrected chi connectivity index (χ0v) is 10.5. The first-order valence-electron chi connectivity index (χ1n) is 5.90. The summed E-state index contributed by atoms with van der Waals surface area (Å²) in [6, 6.07) is 13.6. The van der Waals surface area contributed by atoms with Gasteiger partial charge in [0.1, 0.15) is 0 Å². The van der Waals surface area contributed by atoms with Crippen molar-refractivity contribution in [3.63, 3.8) is 0 Å². The molecule has 5 nitrogen and oxygen atoms in total. The Morgan fingerprint density at radius 2 is 1.20 bits per heavy atom. The Labute approximate surface area is 115 Å². The maximum absolute atomic E-state index is 10.9. The van der Waals surface area contributed by atoms with Crippen LogP contribution in [0.5, 0.6) is 0 Å². The van der Waals surface area contributed by atoms with Gasteiger partial charge in [0.15, 0.2) is 5.92 Å². The van der Waals surface area contributed by atoms with Gasteiger partial charge in [-0.25, -0.2) is 0 Å². The highest BCUT2D eigenvalue weighted by Gasteiger charge is 2.27. The third kappa shape index (κ3) is 2.77. The average Bonchev–Trinajstić information content (AvgIpc) is 2.40. The molecule has 2 aromatic carbocycles. The van der Waals surface area contributed by atoms with Crippen molar-refractivity contribution in [2.75, 3.05) is 5.73 Å². The van der Waals surface area contributed by atoms with E-state index in [1.54, 1.807) is 24.3 Å². The summed E-state index contributed by atoms with van der Waals surface area (Å²) in [5.41, 5.74) is 8.29. The molecule has 0 saturated carbocycles. The standard InChI is InChI=1S/C15H13NO4/c16-12-7-5-10(6-8-12)9-1-3-11(4-2-9)13(14(17)18)15(19)20/h1-8,13H,16H2,(H,17,18)(H,19,20). The topological polar surface area (TPSA) is 101 Å². The average molecular weight is 271 g/mol. The van der Waals surface area contributed by atoms with Crippen LogP contribution in [-0.4, -0.2) is 22.2 Å². The highest BCUT2D eigenvalue weighted by Crippen LogP contribution is 2.24. The molecule has 2 aromatic rings. The second-order valence-electron chi connectivity index (χ2n) is 4.35. The molecule has 0 heterocycles. The third-order valence-corrected chi connectivity index (χ3v) is 2.98. The Kier molecular flexibility index (Phi) is 3.70. The van der Waals surface area contributed by atoms with Gasteiger partial charge in [0.2, 0.25) is 0 Å². The van der Waals surface area contributed by atoms with Crippen molar-refractivity contribution >= 4 is 17.6 Å². The monoisotopic (exact) mass is 271 g/mol. The molecule has 5 heteroatoms. The second-order valence-corrected chi connectivity index (χ2v) is 4.35. The van der Waals surface area contributed by atoms with Crippen molar-refractivity contribution in [2.24, 2.45) is 0 Å². The van der Waals surface area contributed by atoms with Crippen LogP contribution < -0.4 is 5.73 Å². The fourth-order valence-corrected chi connectivity index (χ4v) is 1.93. The molecular weight excluding hydrogens is 258 g/mol. The quantitative estimate of drug-likeness (QED) is 0.584. The van der Waals surface area contributed by atoms with Crippen LogP contribution in [0.3, 0.4) is 0 Å². The number of anilines is 1. The maximum atomic E-state index is 10.9. The number of aliphatic carboxylic acids is 2. The first-order chi connectivity index (χ1) is 9.49. The van der Waals surface area contributed by atoms with Crippen LogP contribution >= 0.6 is 0 Å². The molecule has 0 atom stereocenters. The summed E-state index contributed by atoms with van der Waals surface area (Å²) >= 11 is 0. The summed E-state index contributed by atoms with van der Waals surface area (Å²) in [7, 11) is 0. The smallest absolute Gasteiger partial charge is 0.322 e. The molecule has 102 valence electrons. The summed E-state index contributed by atoms with van der Waals surface area (Å²) in [6.07, 6.45) is 0. The van der Waals surface area contributed by atoms with Crippen LogP contribution in [0.4, 0.5) is 5.69 Å². The van der Waals surface area contributed by atoms with Crippen LogP contribution in [0.25, 0.3) is 11.1 Å². The van der Waals surface area contributed by atoms with E-state index < -0.39 is 17.9 Å². The molecule has 0 fully saturated rings. The van der Waals surface area contributed by atoms with E-state index in [0.717, 1.165) is 11.1 Å². The van der Waals surface area contributed by atoms with Crippen molar-refractivity contribution in [2.45, 2.75) is 5.92 Å². The van der Waals surface area contributed by atoms with E-state index >= 15 is 0 Å². The molecule has 0 aliphatic carbocycles. The number of nitrogen functional groups attached to an aromatic ring is 1. The highest BCUT2D eigenvalue weighted by atomic mass is 16.4. The summed E-state index contributed by atoms with van der Waals surface area (Å²) in [4.78, 5) is 21.9. The molecule has 0 radical (unpaired) electrons. The van der Waals surface area contributed by atoms with Gasteiger partial charge in [-0.1, -0.05) is 36.4 Å². The molecule has 0 saturated heterocycles. The van der Waals surface area contributed by atoms with Crippen molar-refractivity contribution in [3.05, 3.63) is 54.1 Å². The van der Waals surface area contributed by atoms with E-state index in [0.29, 0.717) is 5.69 Å². The molecule has 0 aliphatic heterocycles. The number of rotatable bonds is 4. The molecule has 20 heavy (non-hydrogen) atoms. The summed E-state index contributed by atoms with van der Waals surface area (Å²) in [5, 5.41) is 17.8. The van der Waals surface area contributed by atoms with E-state index in [1.165, 1.54) is 12.1 Å². The number of carboxylic acid groups (broad SMARTS) is 2. The predicted molar refractivity (Wildman–Crippen MR) is 74.3 cm³/mol. The van der Waals surface area contributed by atoms with Gasteiger partial charge in [0.05, 0.1) is 0 Å². The molecule has 0 aromatic heterocycles. The fraction of sp³-hybridized carbons (Fsp3) is 0.0667. The Balaban J connectivity index is 2.32. The Bertz CT molecular complexity index is 618. The van der Waals surface area contributed by atoms with Crippen LogP contribution in [0.2, 0.25) is 0 Å². The van der Waals surface area contributed by atoms with E-state index in [-0.39, 0.29) is 5.56 Å². The SMILES string of the molecule is Nc1ccc(-c2ccc(C(C(=O)O)C(=O)O)cc2)cc1. The first-order valence-corrected chi connectivity index (χ1v) is 5.90. The predicted octanol–water partition coefficient (Wildman–Crippen LogP) is 2.19. The van der Waals surface area contributed by atoms with Crippen molar-refractivity contribution in [3.8, 4) is 11.1 Å². The number of nitrogens with two attached hydrogens (primary N) is 1. The van der Waals surface area contributed by atoms with Crippen LogP contribution in [0, 0.1) is 0 Å². The number of carboxylic acids is 2. The summed E-state index contributed by atoms with van der Waals surface area (Å²) in [6.45, 7) is 0. The number of carbonyl (C=O) groups is 2. The molecule has 0 bridgehead atoms. The largest absolute Gasteiger partial charge is 0.480 e. The molecule has 4 N–H and O–H groups in total. The third-order valence-electron chi connectivity index (χ3n) is 2.98. The van der Waals surface area contributed by atoms with E-state index in [1.807, 2.05) is 12.1 Å². The van der Waals surface area contributed by atoms with Gasteiger partial charge in [-0.2, -0.15) is 0 Å². The van der Waals surface area contributed by atoms with Crippen molar-refractivity contribution in [1.82, 2.24) is 0 Å². The van der Waals surface area contributed by atoms with E-state index in [9.17, 15) is 9.59 Å². The normalized spacial score (nSPS) is 10.4. The lowest BCUT2D eigenvalue weighted by molar-refractivity contribution is -0.150. The lowest BCUT2D eigenvalue weighted by Crippen LogP contribution is -2.20. The Morgan fingerprint density at radius 3 is 1.60 bits per heavy atom. The van der Waals surface area contributed by atoms with E-state index in [2.05, 4.69) is 0 Å². The van der Waals surface area contributed by atoms with Crippen molar-refractivity contribution in [1.29, 1.82) is 0 Å². The van der Waals surface area contributed by atoms with E-state index in [4.69, 9.17) is 15.9 Å². The highest BCUT2D eigenvalue weighted by molar-refractivity contribution is 5.99.